The molecule has 0 fully saturated rings. The van der Waals surface area contributed by atoms with Crippen LogP contribution in [0.3, 0.4) is 0 Å². The van der Waals surface area contributed by atoms with Crippen molar-refractivity contribution in [2.24, 2.45) is 7.05 Å². The normalized spacial score (nSPS) is 10.8. The van der Waals surface area contributed by atoms with Gasteiger partial charge in [-0.2, -0.15) is 0 Å². The van der Waals surface area contributed by atoms with Crippen molar-refractivity contribution < 1.29 is 9.36 Å². The Labute approximate surface area is 165 Å². The summed E-state index contributed by atoms with van der Waals surface area (Å²) in [6.07, 6.45) is 2.01. The summed E-state index contributed by atoms with van der Waals surface area (Å²) in [5.41, 5.74) is 6.27. The molecule has 0 unspecified atom stereocenters. The smallest absolute Gasteiger partial charge is 0.244 e. The van der Waals surface area contributed by atoms with Crippen molar-refractivity contribution in [3.05, 3.63) is 102 Å². The molecular weight excluding hydrogens is 344 g/mol. The summed E-state index contributed by atoms with van der Waals surface area (Å²) in [5.74, 6) is 0.104. The van der Waals surface area contributed by atoms with E-state index in [4.69, 9.17) is 0 Å². The number of ketones is 1. The maximum absolute atomic E-state index is 12.9. The number of aryl methyl sites for hydroxylation is 2. The van der Waals surface area contributed by atoms with E-state index in [9.17, 15) is 4.79 Å². The second-order valence-corrected chi connectivity index (χ2v) is 7.07. The zero-order chi connectivity index (χ0) is 19.5. The van der Waals surface area contributed by atoms with E-state index in [2.05, 4.69) is 33.4 Å². The molecule has 138 valence electrons. The van der Waals surface area contributed by atoms with Crippen molar-refractivity contribution in [3.8, 4) is 22.5 Å². The van der Waals surface area contributed by atoms with E-state index < -0.39 is 0 Å². The fourth-order valence-electron chi connectivity index (χ4n) is 3.57. The molecule has 28 heavy (non-hydrogen) atoms. The number of hydrogen-bond acceptors (Lipinski definition) is 1. The first-order chi connectivity index (χ1) is 13.6. The van der Waals surface area contributed by atoms with E-state index >= 15 is 0 Å². The van der Waals surface area contributed by atoms with Crippen LogP contribution in [0.15, 0.2) is 91.3 Å². The van der Waals surface area contributed by atoms with Gasteiger partial charge in [-0.3, -0.25) is 4.79 Å². The molecule has 0 aliphatic heterocycles. The molecule has 0 saturated carbocycles. The Bertz CT molecular complexity index is 1090. The number of Topliss-reactive ketones (excluding diaryl/α,β-unsaturated/α-hetero) is 1. The van der Waals surface area contributed by atoms with Crippen molar-refractivity contribution in [3.63, 3.8) is 0 Å². The first-order valence-corrected chi connectivity index (χ1v) is 9.43. The molecule has 3 aromatic carbocycles. The molecular formula is C25H23N2O+. The Morgan fingerprint density at radius 3 is 2.00 bits per heavy atom. The summed E-state index contributed by atoms with van der Waals surface area (Å²) in [7, 11) is 2.03. The lowest BCUT2D eigenvalue weighted by Crippen LogP contribution is -2.28. The van der Waals surface area contributed by atoms with Crippen molar-refractivity contribution in [1.29, 1.82) is 0 Å². The zero-order valence-electron chi connectivity index (χ0n) is 16.2. The molecule has 3 heteroatoms. The third-order valence-corrected chi connectivity index (χ3v) is 4.96. The van der Waals surface area contributed by atoms with E-state index in [1.165, 1.54) is 0 Å². The van der Waals surface area contributed by atoms with Gasteiger partial charge >= 0.3 is 0 Å². The van der Waals surface area contributed by atoms with Gasteiger partial charge in [0.2, 0.25) is 12.1 Å². The van der Waals surface area contributed by atoms with Gasteiger partial charge in [0.05, 0.1) is 7.05 Å². The molecule has 3 nitrogen and oxygen atoms in total. The minimum Gasteiger partial charge on any atom is -0.290 e. The van der Waals surface area contributed by atoms with Crippen LogP contribution in [0.1, 0.15) is 15.9 Å². The number of nitrogens with zero attached hydrogens (tertiary/aromatic N) is 2. The maximum atomic E-state index is 12.9. The van der Waals surface area contributed by atoms with E-state index in [-0.39, 0.29) is 5.78 Å². The van der Waals surface area contributed by atoms with Gasteiger partial charge in [0.1, 0.15) is 0 Å². The minimum absolute atomic E-state index is 0.104. The summed E-state index contributed by atoms with van der Waals surface area (Å²) < 4.78 is 4.15. The standard InChI is InChI=1S/C25H23N2O/c1-19-13-15-20(16-14-19)23(28)17-27-18-26(2)24(21-9-5-3-6-10-21)25(27)22-11-7-4-8-12-22/h3-16,18H,17H2,1-2H3/q+1. The van der Waals surface area contributed by atoms with Gasteiger partial charge in [0.15, 0.2) is 17.9 Å². The van der Waals surface area contributed by atoms with Crippen molar-refractivity contribution >= 4 is 5.78 Å². The summed E-state index contributed by atoms with van der Waals surface area (Å²) in [5, 5.41) is 0. The van der Waals surface area contributed by atoms with Gasteiger partial charge in [0.25, 0.3) is 0 Å². The van der Waals surface area contributed by atoms with Crippen LogP contribution < -0.4 is 4.57 Å². The second-order valence-electron chi connectivity index (χ2n) is 7.07. The SMILES string of the molecule is Cc1ccc(C(=O)Cn2c[n+](C)c(-c3ccccc3)c2-c2ccccc2)cc1. The topological polar surface area (TPSA) is 25.9 Å². The molecule has 1 aromatic heterocycles. The van der Waals surface area contributed by atoms with Gasteiger partial charge in [0, 0.05) is 16.7 Å². The molecule has 0 radical (unpaired) electrons. The third kappa shape index (κ3) is 3.52. The molecule has 4 aromatic rings. The number of carbonyl (C=O) groups excluding carboxylic acids is 1. The Hall–Kier alpha value is -3.46. The quantitative estimate of drug-likeness (QED) is 0.366. The van der Waals surface area contributed by atoms with Crippen LogP contribution in [0.25, 0.3) is 22.5 Å². The van der Waals surface area contributed by atoms with Crippen molar-refractivity contribution in [2.75, 3.05) is 0 Å². The number of benzene rings is 3. The third-order valence-electron chi connectivity index (χ3n) is 4.96. The predicted molar refractivity (Wildman–Crippen MR) is 112 cm³/mol. The average Bonchev–Trinajstić information content (AvgIpc) is 3.05. The van der Waals surface area contributed by atoms with Crippen LogP contribution in [-0.4, -0.2) is 10.4 Å². The van der Waals surface area contributed by atoms with Crippen LogP contribution in [0.5, 0.6) is 0 Å². The molecule has 1 heterocycles. The number of aromatic nitrogens is 2. The predicted octanol–water partition coefficient (Wildman–Crippen LogP) is 4.84. The molecule has 0 N–H and O–H groups in total. The van der Waals surface area contributed by atoms with Crippen molar-refractivity contribution in [2.45, 2.75) is 13.5 Å². The highest BCUT2D eigenvalue weighted by molar-refractivity contribution is 5.96. The lowest BCUT2D eigenvalue weighted by atomic mass is 10.0. The summed E-state index contributed by atoms with van der Waals surface area (Å²) in [6, 6.07) is 28.3. The number of carbonyl (C=O) groups is 1. The fraction of sp³-hybridized carbons (Fsp3) is 0.120. The molecule has 0 amide bonds. The molecule has 0 spiro atoms. The van der Waals surface area contributed by atoms with E-state index in [1.54, 1.807) is 0 Å². The van der Waals surface area contributed by atoms with Gasteiger partial charge < -0.3 is 0 Å². The monoisotopic (exact) mass is 367 g/mol. The fourth-order valence-corrected chi connectivity index (χ4v) is 3.57. The first kappa shape index (κ1) is 17.9. The summed E-state index contributed by atoms with van der Waals surface area (Å²) >= 11 is 0. The lowest BCUT2D eigenvalue weighted by Gasteiger charge is -2.05. The van der Waals surface area contributed by atoms with Gasteiger partial charge in [-0.1, -0.05) is 90.5 Å². The molecule has 0 bridgehead atoms. The number of imidazole rings is 1. The van der Waals surface area contributed by atoms with Crippen LogP contribution in [0.2, 0.25) is 0 Å². The van der Waals surface area contributed by atoms with Gasteiger partial charge in [-0.15, -0.1) is 0 Å². The highest BCUT2D eigenvalue weighted by Gasteiger charge is 2.25. The Morgan fingerprint density at radius 2 is 1.39 bits per heavy atom. The Balaban J connectivity index is 1.81. The molecule has 4 rings (SSSR count). The van der Waals surface area contributed by atoms with E-state index in [0.29, 0.717) is 6.54 Å². The van der Waals surface area contributed by atoms with Crippen LogP contribution >= 0.6 is 0 Å². The van der Waals surface area contributed by atoms with Crippen LogP contribution in [0, 0.1) is 6.92 Å². The molecule has 0 atom stereocenters. The van der Waals surface area contributed by atoms with E-state index in [0.717, 1.165) is 33.6 Å². The van der Waals surface area contributed by atoms with Gasteiger partial charge in [-0.25, -0.2) is 9.13 Å². The largest absolute Gasteiger partial charge is 0.290 e. The average molecular weight is 367 g/mol. The summed E-state index contributed by atoms with van der Waals surface area (Å²) in [4.78, 5) is 12.9. The Kier molecular flexibility index (Phi) is 4.90. The molecule has 0 saturated heterocycles. The Morgan fingerprint density at radius 1 is 0.821 bits per heavy atom. The number of hydrogen-bond donors (Lipinski definition) is 0. The van der Waals surface area contributed by atoms with Crippen LogP contribution in [0.4, 0.5) is 0 Å². The molecule has 0 aliphatic carbocycles. The minimum atomic E-state index is 0.104. The second kappa shape index (κ2) is 7.65. The number of rotatable bonds is 5. The highest BCUT2D eigenvalue weighted by atomic mass is 16.1. The lowest BCUT2D eigenvalue weighted by molar-refractivity contribution is -0.660. The maximum Gasteiger partial charge on any atom is 0.244 e. The first-order valence-electron chi connectivity index (χ1n) is 9.43. The van der Waals surface area contributed by atoms with Crippen LogP contribution in [-0.2, 0) is 13.6 Å². The molecule has 0 aliphatic rings. The zero-order valence-corrected chi connectivity index (χ0v) is 16.2. The highest BCUT2D eigenvalue weighted by Crippen LogP contribution is 2.30. The summed E-state index contributed by atoms with van der Waals surface area (Å²) in [6.45, 7) is 2.33. The van der Waals surface area contributed by atoms with Crippen molar-refractivity contribution in [1.82, 2.24) is 4.57 Å². The van der Waals surface area contributed by atoms with Gasteiger partial charge in [-0.05, 0) is 6.92 Å². The van der Waals surface area contributed by atoms with E-state index in [1.807, 2.05) is 81.0 Å².